The van der Waals surface area contributed by atoms with Gasteiger partial charge in [-0.15, -0.1) is 0 Å². The molecule has 0 spiro atoms. The highest BCUT2D eigenvalue weighted by atomic mass is 35.5. The van der Waals surface area contributed by atoms with Crippen LogP contribution in [-0.2, 0) is 0 Å². The van der Waals surface area contributed by atoms with Gasteiger partial charge in [0.1, 0.15) is 5.82 Å². The van der Waals surface area contributed by atoms with Crippen molar-refractivity contribution in [3.05, 3.63) is 34.6 Å². The second kappa shape index (κ2) is 3.11. The van der Waals surface area contributed by atoms with E-state index in [0.717, 1.165) is 12.8 Å². The van der Waals surface area contributed by atoms with Crippen molar-refractivity contribution in [1.29, 1.82) is 0 Å². The summed E-state index contributed by atoms with van der Waals surface area (Å²) in [7, 11) is 0. The summed E-state index contributed by atoms with van der Waals surface area (Å²) in [6.45, 7) is 0. The molecule has 0 aromatic heterocycles. The average Bonchev–Trinajstić information content (AvgIpc) is 2.83. The Morgan fingerprint density at radius 2 is 2.08 bits per heavy atom. The van der Waals surface area contributed by atoms with Crippen molar-refractivity contribution < 1.29 is 9.18 Å². The van der Waals surface area contributed by atoms with Crippen LogP contribution >= 0.6 is 11.6 Å². The summed E-state index contributed by atoms with van der Waals surface area (Å²) < 4.78 is 12.8. The summed E-state index contributed by atoms with van der Waals surface area (Å²) in [5.74, 6) is -0.323. The van der Waals surface area contributed by atoms with Gasteiger partial charge in [-0.05, 0) is 31.0 Å². The van der Waals surface area contributed by atoms with Gasteiger partial charge < -0.3 is 0 Å². The van der Waals surface area contributed by atoms with Gasteiger partial charge in [0.2, 0.25) is 0 Å². The Labute approximate surface area is 80.5 Å². The number of rotatable bonds is 2. The smallest absolute Gasteiger partial charge is 0.166 e. The van der Waals surface area contributed by atoms with Crippen LogP contribution in [0, 0.1) is 11.7 Å². The van der Waals surface area contributed by atoms with E-state index in [0.29, 0.717) is 5.56 Å². The highest BCUT2D eigenvalue weighted by Crippen LogP contribution is 2.33. The van der Waals surface area contributed by atoms with E-state index in [2.05, 4.69) is 0 Å². The Bertz CT molecular complexity index is 338. The molecule has 1 aromatic carbocycles. The van der Waals surface area contributed by atoms with Gasteiger partial charge in [-0.2, -0.15) is 0 Å². The minimum absolute atomic E-state index is 0.0152. The standard InChI is InChI=1S/C10H8ClFO/c11-8-3-7(4-9(12)5-8)10(13)6-1-2-6/h3-6H,1-2H2. The van der Waals surface area contributed by atoms with Gasteiger partial charge in [0.15, 0.2) is 5.78 Å². The van der Waals surface area contributed by atoms with Crippen molar-refractivity contribution in [3.8, 4) is 0 Å². The molecule has 1 fully saturated rings. The van der Waals surface area contributed by atoms with Crippen LogP contribution in [0.3, 0.4) is 0 Å². The molecule has 0 radical (unpaired) electrons. The van der Waals surface area contributed by atoms with Gasteiger partial charge in [0.05, 0.1) is 0 Å². The molecule has 0 heterocycles. The summed E-state index contributed by atoms with van der Waals surface area (Å²) in [4.78, 5) is 11.5. The van der Waals surface area contributed by atoms with Crippen LogP contribution in [0.1, 0.15) is 23.2 Å². The third-order valence-electron chi connectivity index (χ3n) is 2.10. The maximum atomic E-state index is 12.8. The highest BCUT2D eigenvalue weighted by Gasteiger charge is 2.30. The van der Waals surface area contributed by atoms with Crippen molar-refractivity contribution in [2.75, 3.05) is 0 Å². The van der Waals surface area contributed by atoms with E-state index in [1.54, 1.807) is 0 Å². The van der Waals surface area contributed by atoms with Crippen LogP contribution in [0.4, 0.5) is 4.39 Å². The van der Waals surface area contributed by atoms with Gasteiger partial charge in [0.25, 0.3) is 0 Å². The Kier molecular flexibility index (Phi) is 2.08. The zero-order valence-electron chi connectivity index (χ0n) is 6.89. The van der Waals surface area contributed by atoms with E-state index in [1.807, 2.05) is 0 Å². The lowest BCUT2D eigenvalue weighted by Gasteiger charge is -1.99. The maximum Gasteiger partial charge on any atom is 0.166 e. The van der Waals surface area contributed by atoms with Gasteiger partial charge in [-0.25, -0.2) is 4.39 Å². The quantitative estimate of drug-likeness (QED) is 0.668. The predicted molar refractivity (Wildman–Crippen MR) is 48.5 cm³/mol. The first-order valence-electron chi connectivity index (χ1n) is 4.17. The lowest BCUT2D eigenvalue weighted by Crippen LogP contribution is -2.01. The topological polar surface area (TPSA) is 17.1 Å². The molecule has 0 bridgehead atoms. The minimum atomic E-state index is -0.448. The summed E-state index contributed by atoms with van der Waals surface area (Å²) in [5, 5.41) is 0.281. The molecule has 1 aliphatic rings. The predicted octanol–water partition coefficient (Wildman–Crippen LogP) is 3.07. The fourth-order valence-corrected chi connectivity index (χ4v) is 1.50. The zero-order chi connectivity index (χ0) is 9.42. The molecule has 2 rings (SSSR count). The average molecular weight is 199 g/mol. The first-order valence-corrected chi connectivity index (χ1v) is 4.55. The Morgan fingerprint density at radius 1 is 1.38 bits per heavy atom. The molecule has 13 heavy (non-hydrogen) atoms. The number of carbonyl (C=O) groups is 1. The molecule has 0 amide bonds. The fourth-order valence-electron chi connectivity index (χ4n) is 1.28. The number of ketones is 1. The number of benzene rings is 1. The van der Waals surface area contributed by atoms with E-state index >= 15 is 0 Å². The molecule has 1 aliphatic carbocycles. The van der Waals surface area contributed by atoms with Gasteiger partial charge >= 0.3 is 0 Å². The number of halogens is 2. The SMILES string of the molecule is O=C(c1cc(F)cc(Cl)c1)C1CC1. The molecular weight excluding hydrogens is 191 g/mol. The molecule has 1 saturated carbocycles. The summed E-state index contributed by atoms with van der Waals surface area (Å²) >= 11 is 5.63. The van der Waals surface area contributed by atoms with Crippen LogP contribution in [0.15, 0.2) is 18.2 Å². The molecule has 0 saturated heterocycles. The summed E-state index contributed by atoms with van der Waals surface area (Å²) in [6.07, 6.45) is 1.85. The number of hydrogen-bond acceptors (Lipinski definition) is 1. The fraction of sp³-hybridized carbons (Fsp3) is 0.300. The molecule has 0 unspecified atom stereocenters. The maximum absolute atomic E-state index is 12.8. The first-order chi connectivity index (χ1) is 6.16. The monoisotopic (exact) mass is 198 g/mol. The Balaban J connectivity index is 2.33. The largest absolute Gasteiger partial charge is 0.294 e. The zero-order valence-corrected chi connectivity index (χ0v) is 7.64. The summed E-state index contributed by atoms with van der Waals surface area (Å²) in [6, 6.07) is 3.96. The Hall–Kier alpha value is -0.890. The summed E-state index contributed by atoms with van der Waals surface area (Å²) in [5.41, 5.74) is 0.396. The molecule has 0 N–H and O–H groups in total. The van der Waals surface area contributed by atoms with Crippen LogP contribution in [0.25, 0.3) is 0 Å². The number of carbonyl (C=O) groups excluding carboxylic acids is 1. The second-order valence-corrected chi connectivity index (χ2v) is 3.73. The van der Waals surface area contributed by atoms with E-state index in [4.69, 9.17) is 11.6 Å². The Morgan fingerprint density at radius 3 is 2.62 bits per heavy atom. The first kappa shape index (κ1) is 8.70. The molecular formula is C10H8ClFO. The van der Waals surface area contributed by atoms with Gasteiger partial charge in [0, 0.05) is 16.5 Å². The van der Waals surface area contributed by atoms with Crippen molar-refractivity contribution >= 4 is 17.4 Å². The molecule has 68 valence electrons. The lowest BCUT2D eigenvalue weighted by molar-refractivity contribution is 0.0967. The van der Waals surface area contributed by atoms with E-state index < -0.39 is 5.82 Å². The normalized spacial score (nSPS) is 15.8. The molecule has 1 nitrogen and oxygen atoms in total. The third kappa shape index (κ3) is 1.89. The molecule has 1 aromatic rings. The van der Waals surface area contributed by atoms with Crippen LogP contribution in [0.2, 0.25) is 5.02 Å². The highest BCUT2D eigenvalue weighted by molar-refractivity contribution is 6.31. The van der Waals surface area contributed by atoms with Crippen molar-refractivity contribution in [2.45, 2.75) is 12.8 Å². The van der Waals surface area contributed by atoms with Crippen molar-refractivity contribution in [2.24, 2.45) is 5.92 Å². The molecule has 0 atom stereocenters. The van der Waals surface area contributed by atoms with E-state index in [-0.39, 0.29) is 16.7 Å². The third-order valence-corrected chi connectivity index (χ3v) is 2.31. The van der Waals surface area contributed by atoms with Crippen LogP contribution in [-0.4, -0.2) is 5.78 Å². The van der Waals surface area contributed by atoms with Crippen molar-refractivity contribution in [3.63, 3.8) is 0 Å². The van der Waals surface area contributed by atoms with Gasteiger partial charge in [-0.1, -0.05) is 11.6 Å². The van der Waals surface area contributed by atoms with Crippen molar-refractivity contribution in [1.82, 2.24) is 0 Å². The van der Waals surface area contributed by atoms with E-state index in [9.17, 15) is 9.18 Å². The molecule has 0 aliphatic heterocycles. The number of hydrogen-bond donors (Lipinski definition) is 0. The second-order valence-electron chi connectivity index (χ2n) is 3.30. The van der Waals surface area contributed by atoms with Gasteiger partial charge in [-0.3, -0.25) is 4.79 Å². The molecule has 3 heteroatoms. The van der Waals surface area contributed by atoms with E-state index in [1.165, 1.54) is 18.2 Å². The number of Topliss-reactive ketones (excluding diaryl/α,β-unsaturated/α-hetero) is 1. The lowest BCUT2D eigenvalue weighted by atomic mass is 10.1. The van der Waals surface area contributed by atoms with Crippen LogP contribution in [0.5, 0.6) is 0 Å². The minimum Gasteiger partial charge on any atom is -0.294 e. The van der Waals surface area contributed by atoms with Crippen LogP contribution < -0.4 is 0 Å².